The second kappa shape index (κ2) is 14.9. The van der Waals surface area contributed by atoms with Crippen LogP contribution in [0.4, 0.5) is 0 Å². The molecule has 1 atom stereocenters. The number of hydrogen-bond acceptors (Lipinski definition) is 4. The van der Waals surface area contributed by atoms with Gasteiger partial charge in [-0.25, -0.2) is 0 Å². The van der Waals surface area contributed by atoms with Crippen LogP contribution in [0.5, 0.6) is 11.5 Å². The number of hydrogen-bond donors (Lipinski definition) is 0. The first-order valence-electron chi connectivity index (χ1n) is 11.6. The third kappa shape index (κ3) is 9.59. The number of halogens is 1. The Labute approximate surface area is 183 Å². The highest BCUT2D eigenvalue weighted by Crippen LogP contribution is 2.30. The van der Waals surface area contributed by atoms with Gasteiger partial charge in [-0.3, -0.25) is 0 Å². The van der Waals surface area contributed by atoms with Crippen molar-refractivity contribution in [2.75, 3.05) is 39.5 Å². The lowest BCUT2D eigenvalue weighted by Crippen LogP contribution is -2.33. The van der Waals surface area contributed by atoms with Gasteiger partial charge in [0, 0.05) is 6.61 Å². The normalized spacial score (nSPS) is 19.0. The zero-order valence-electron chi connectivity index (χ0n) is 18.0. The molecule has 2 aliphatic rings. The minimum absolute atomic E-state index is 0. The molecule has 1 saturated heterocycles. The van der Waals surface area contributed by atoms with Crippen molar-refractivity contribution in [3.63, 3.8) is 0 Å². The number of nitrogens with zero attached hydrogens (tertiary/aromatic N) is 1. The molecule has 0 aromatic heterocycles. The summed E-state index contributed by atoms with van der Waals surface area (Å²) in [6, 6.07) is 7.84. The molecule has 0 bridgehead atoms. The summed E-state index contributed by atoms with van der Waals surface area (Å²) >= 11 is 0. The van der Waals surface area contributed by atoms with Crippen molar-refractivity contribution in [3.8, 4) is 11.5 Å². The van der Waals surface area contributed by atoms with E-state index in [4.69, 9.17) is 14.2 Å². The molecule has 0 N–H and O–H groups in total. The fourth-order valence-electron chi connectivity index (χ4n) is 4.14. The first kappa shape index (κ1) is 24.3. The van der Waals surface area contributed by atoms with Gasteiger partial charge in [0.25, 0.3) is 0 Å². The molecule has 1 aromatic rings. The lowest BCUT2D eigenvalue weighted by atomic mass is 10.1. The second-order valence-electron chi connectivity index (χ2n) is 8.30. The molecular formula is C24H40ClNO3. The van der Waals surface area contributed by atoms with Crippen LogP contribution in [0, 0.1) is 0 Å². The molecule has 2 aliphatic heterocycles. The van der Waals surface area contributed by atoms with Crippen LogP contribution >= 0.6 is 12.4 Å². The Balaban J connectivity index is 0.00000300. The van der Waals surface area contributed by atoms with Crippen LogP contribution in [0.25, 0.3) is 0 Å². The molecule has 0 saturated carbocycles. The summed E-state index contributed by atoms with van der Waals surface area (Å²) in [5, 5.41) is 0. The summed E-state index contributed by atoms with van der Waals surface area (Å²) in [5.41, 5.74) is 0. The average Bonchev–Trinajstić information content (AvgIpc) is 2.75. The quantitative estimate of drug-likeness (QED) is 0.370. The van der Waals surface area contributed by atoms with Crippen molar-refractivity contribution >= 4 is 12.4 Å². The number of para-hydroxylation sites is 2. The van der Waals surface area contributed by atoms with Crippen LogP contribution in [0.15, 0.2) is 24.3 Å². The van der Waals surface area contributed by atoms with Crippen molar-refractivity contribution < 1.29 is 14.2 Å². The van der Waals surface area contributed by atoms with Crippen molar-refractivity contribution in [2.45, 2.75) is 76.7 Å². The summed E-state index contributed by atoms with van der Waals surface area (Å²) in [6.07, 6.45) is 15.0. The third-order valence-corrected chi connectivity index (χ3v) is 5.83. The van der Waals surface area contributed by atoms with E-state index in [0.717, 1.165) is 24.5 Å². The first-order chi connectivity index (χ1) is 13.9. The molecule has 5 heteroatoms. The fourth-order valence-corrected chi connectivity index (χ4v) is 4.14. The number of likely N-dealkylation sites (tertiary alicyclic amines) is 1. The highest BCUT2D eigenvalue weighted by molar-refractivity contribution is 5.85. The number of piperidine rings is 1. The van der Waals surface area contributed by atoms with E-state index in [1.54, 1.807) is 0 Å². The zero-order chi connectivity index (χ0) is 19.3. The maximum Gasteiger partial charge on any atom is 0.161 e. The molecule has 0 radical (unpaired) electrons. The van der Waals surface area contributed by atoms with Gasteiger partial charge in [-0.2, -0.15) is 0 Å². The lowest BCUT2D eigenvalue weighted by Gasteiger charge is -2.26. The first-order valence-corrected chi connectivity index (χ1v) is 11.6. The van der Waals surface area contributed by atoms with E-state index in [-0.39, 0.29) is 18.5 Å². The summed E-state index contributed by atoms with van der Waals surface area (Å²) in [5.74, 6) is 1.67. The van der Waals surface area contributed by atoms with Gasteiger partial charge in [-0.05, 0) is 57.5 Å². The molecule has 3 rings (SSSR count). The second-order valence-corrected chi connectivity index (χ2v) is 8.30. The maximum atomic E-state index is 5.91. The monoisotopic (exact) mass is 425 g/mol. The summed E-state index contributed by atoms with van der Waals surface area (Å²) in [4.78, 5) is 2.66. The smallest absolute Gasteiger partial charge is 0.161 e. The van der Waals surface area contributed by atoms with E-state index >= 15 is 0 Å². The van der Waals surface area contributed by atoms with Gasteiger partial charge in [0.1, 0.15) is 6.61 Å². The predicted molar refractivity (Wildman–Crippen MR) is 122 cm³/mol. The van der Waals surface area contributed by atoms with Crippen molar-refractivity contribution in [2.24, 2.45) is 0 Å². The van der Waals surface area contributed by atoms with E-state index in [0.29, 0.717) is 13.2 Å². The minimum Gasteiger partial charge on any atom is -0.486 e. The van der Waals surface area contributed by atoms with E-state index in [2.05, 4.69) is 4.90 Å². The predicted octanol–water partition coefficient (Wildman–Crippen LogP) is 5.87. The Morgan fingerprint density at radius 2 is 1.48 bits per heavy atom. The summed E-state index contributed by atoms with van der Waals surface area (Å²) in [6.45, 7) is 6.04. The molecule has 166 valence electrons. The van der Waals surface area contributed by atoms with E-state index in [1.165, 1.54) is 83.8 Å². The van der Waals surface area contributed by atoms with Gasteiger partial charge in [0.2, 0.25) is 0 Å². The largest absolute Gasteiger partial charge is 0.486 e. The van der Waals surface area contributed by atoms with Gasteiger partial charge < -0.3 is 19.1 Å². The number of fused-ring (bicyclic) bond motifs is 1. The third-order valence-electron chi connectivity index (χ3n) is 5.83. The van der Waals surface area contributed by atoms with Crippen LogP contribution in [-0.2, 0) is 4.74 Å². The van der Waals surface area contributed by atoms with Crippen LogP contribution in [-0.4, -0.2) is 50.5 Å². The van der Waals surface area contributed by atoms with Gasteiger partial charge >= 0.3 is 0 Å². The molecule has 0 aliphatic carbocycles. The number of benzene rings is 1. The molecule has 2 heterocycles. The Hall–Kier alpha value is -0.970. The maximum absolute atomic E-state index is 5.91. The minimum atomic E-state index is 0. The molecule has 4 nitrogen and oxygen atoms in total. The molecule has 1 aromatic carbocycles. The molecule has 0 spiro atoms. The van der Waals surface area contributed by atoms with Crippen LogP contribution in [0.2, 0.25) is 0 Å². The van der Waals surface area contributed by atoms with Crippen molar-refractivity contribution in [1.29, 1.82) is 0 Å². The highest BCUT2D eigenvalue weighted by Gasteiger charge is 2.20. The average molecular weight is 426 g/mol. The van der Waals surface area contributed by atoms with E-state index < -0.39 is 0 Å². The molecular weight excluding hydrogens is 386 g/mol. The number of rotatable bonds is 13. The highest BCUT2D eigenvalue weighted by atomic mass is 35.5. The Bertz CT molecular complexity index is 537. The van der Waals surface area contributed by atoms with E-state index in [9.17, 15) is 0 Å². The fraction of sp³-hybridized carbons (Fsp3) is 0.750. The molecule has 1 fully saturated rings. The van der Waals surface area contributed by atoms with Gasteiger partial charge in [0.05, 0.1) is 6.61 Å². The number of ether oxygens (including phenoxy) is 3. The molecule has 0 amide bonds. The molecule has 1 unspecified atom stereocenters. The summed E-state index contributed by atoms with van der Waals surface area (Å²) < 4.78 is 17.4. The topological polar surface area (TPSA) is 30.9 Å². The summed E-state index contributed by atoms with van der Waals surface area (Å²) in [7, 11) is 0. The Kier molecular flexibility index (Phi) is 12.5. The van der Waals surface area contributed by atoms with Gasteiger partial charge in [0.15, 0.2) is 17.6 Å². The Morgan fingerprint density at radius 1 is 0.828 bits per heavy atom. The van der Waals surface area contributed by atoms with Crippen molar-refractivity contribution in [3.05, 3.63) is 24.3 Å². The van der Waals surface area contributed by atoms with Crippen LogP contribution < -0.4 is 9.47 Å². The standard InChI is InChI=1S/C24H39NO3.ClH/c1(3-5-10-16-25-17-11-7-12-18-25)2-4-6-13-19-26-20-22-21-27-23-14-8-9-15-24(23)28-22;/h8-9,14-15,22H,1-7,10-13,16-21H2;1H. The lowest BCUT2D eigenvalue weighted by molar-refractivity contribution is 0.00778. The van der Waals surface area contributed by atoms with Crippen LogP contribution in [0.3, 0.4) is 0 Å². The molecule has 29 heavy (non-hydrogen) atoms. The van der Waals surface area contributed by atoms with Gasteiger partial charge in [-0.1, -0.05) is 57.1 Å². The van der Waals surface area contributed by atoms with Crippen molar-refractivity contribution in [1.82, 2.24) is 4.90 Å². The van der Waals surface area contributed by atoms with E-state index in [1.807, 2.05) is 24.3 Å². The Morgan fingerprint density at radius 3 is 2.24 bits per heavy atom. The van der Waals surface area contributed by atoms with Gasteiger partial charge in [-0.15, -0.1) is 12.4 Å². The SMILES string of the molecule is Cl.c1ccc2c(c1)OCC(COCCCCCCCCCCN1CCCCC1)O2. The number of unbranched alkanes of at least 4 members (excludes halogenated alkanes) is 7. The van der Waals surface area contributed by atoms with Crippen LogP contribution in [0.1, 0.15) is 70.6 Å². The zero-order valence-corrected chi connectivity index (χ0v) is 18.8.